The lowest BCUT2D eigenvalue weighted by Crippen LogP contribution is -2.38. The summed E-state index contributed by atoms with van der Waals surface area (Å²) in [5, 5.41) is 5.28. The van der Waals surface area contributed by atoms with Gasteiger partial charge in [-0.15, -0.1) is 23.7 Å². The van der Waals surface area contributed by atoms with Gasteiger partial charge in [0.25, 0.3) is 0 Å². The van der Waals surface area contributed by atoms with Crippen LogP contribution in [0.25, 0.3) is 0 Å². The maximum absolute atomic E-state index is 12.6. The molecule has 3 rings (SSSR count). The highest BCUT2D eigenvalue weighted by atomic mass is 35.5. The molecule has 3 N–H and O–H groups in total. The zero-order valence-corrected chi connectivity index (χ0v) is 15.9. The van der Waals surface area contributed by atoms with E-state index < -0.39 is 0 Å². The van der Waals surface area contributed by atoms with Gasteiger partial charge in [-0.2, -0.15) is 0 Å². The normalized spacial score (nSPS) is 20.7. The van der Waals surface area contributed by atoms with Gasteiger partial charge in [0.1, 0.15) is 6.10 Å². The Morgan fingerprint density at radius 1 is 1.32 bits per heavy atom. The molecule has 1 unspecified atom stereocenters. The fourth-order valence-electron chi connectivity index (χ4n) is 3.14. The van der Waals surface area contributed by atoms with Crippen molar-refractivity contribution in [1.82, 2.24) is 5.32 Å². The van der Waals surface area contributed by atoms with Crippen LogP contribution in [0.3, 0.4) is 0 Å². The number of ether oxygens (including phenoxy) is 1. The second kappa shape index (κ2) is 9.34. The van der Waals surface area contributed by atoms with Crippen LogP contribution >= 0.6 is 23.7 Å². The Labute approximate surface area is 159 Å². The van der Waals surface area contributed by atoms with E-state index >= 15 is 0 Å². The SMILES string of the molecule is Cc1ccsc1C(Cc1ccccc1)NC(=O)[C@@H]1CC[C@H](CN)O1.Cl. The number of hydrogen-bond donors (Lipinski definition) is 2. The van der Waals surface area contributed by atoms with E-state index in [2.05, 4.69) is 35.8 Å². The first-order valence-corrected chi connectivity index (χ1v) is 9.29. The molecular formula is C19H25ClN2O2S. The van der Waals surface area contributed by atoms with Crippen molar-refractivity contribution in [2.24, 2.45) is 5.73 Å². The van der Waals surface area contributed by atoms with Gasteiger partial charge in [-0.1, -0.05) is 30.3 Å². The predicted octanol–water partition coefficient (Wildman–Crippen LogP) is 3.38. The lowest BCUT2D eigenvalue weighted by molar-refractivity contribution is -0.132. The molecule has 6 heteroatoms. The predicted molar refractivity (Wildman–Crippen MR) is 104 cm³/mol. The summed E-state index contributed by atoms with van der Waals surface area (Å²) in [6, 6.07) is 12.3. The first-order valence-electron chi connectivity index (χ1n) is 8.41. The van der Waals surface area contributed by atoms with Gasteiger partial charge in [0.15, 0.2) is 0 Å². The van der Waals surface area contributed by atoms with Crippen molar-refractivity contribution in [2.45, 2.75) is 44.4 Å². The number of halogens is 1. The number of carbonyl (C=O) groups excluding carboxylic acids is 1. The van der Waals surface area contributed by atoms with E-state index in [1.54, 1.807) is 11.3 Å². The topological polar surface area (TPSA) is 64.4 Å². The molecule has 1 amide bonds. The van der Waals surface area contributed by atoms with E-state index in [-0.39, 0.29) is 36.6 Å². The van der Waals surface area contributed by atoms with Gasteiger partial charge in [0, 0.05) is 11.4 Å². The molecular weight excluding hydrogens is 356 g/mol. The van der Waals surface area contributed by atoms with Crippen molar-refractivity contribution < 1.29 is 9.53 Å². The summed E-state index contributed by atoms with van der Waals surface area (Å²) in [7, 11) is 0. The largest absolute Gasteiger partial charge is 0.364 e. The summed E-state index contributed by atoms with van der Waals surface area (Å²) in [5.74, 6) is -0.0281. The highest BCUT2D eigenvalue weighted by Crippen LogP contribution is 2.28. The molecule has 1 saturated heterocycles. The number of hydrogen-bond acceptors (Lipinski definition) is 4. The second-order valence-corrected chi connectivity index (χ2v) is 7.23. The molecule has 1 aliphatic rings. The summed E-state index contributed by atoms with van der Waals surface area (Å²) in [5.41, 5.74) is 8.07. The number of thiophene rings is 1. The van der Waals surface area contributed by atoms with E-state index in [0.717, 1.165) is 19.3 Å². The van der Waals surface area contributed by atoms with E-state index in [1.807, 2.05) is 18.2 Å². The van der Waals surface area contributed by atoms with Crippen molar-refractivity contribution in [3.05, 3.63) is 57.8 Å². The number of rotatable bonds is 6. The molecule has 1 aromatic carbocycles. The number of amides is 1. The third kappa shape index (κ3) is 5.05. The minimum absolute atomic E-state index is 0. The fraction of sp³-hybridized carbons (Fsp3) is 0.421. The minimum atomic E-state index is -0.378. The smallest absolute Gasteiger partial charge is 0.249 e. The molecule has 1 fully saturated rings. The van der Waals surface area contributed by atoms with Gasteiger partial charge >= 0.3 is 0 Å². The van der Waals surface area contributed by atoms with Crippen LogP contribution in [-0.4, -0.2) is 24.7 Å². The lowest BCUT2D eigenvalue weighted by Gasteiger charge is -2.21. The second-order valence-electron chi connectivity index (χ2n) is 6.28. The third-order valence-electron chi connectivity index (χ3n) is 4.48. The molecule has 25 heavy (non-hydrogen) atoms. The van der Waals surface area contributed by atoms with Crippen LogP contribution in [-0.2, 0) is 16.0 Å². The number of carbonyl (C=O) groups is 1. The van der Waals surface area contributed by atoms with Crippen LogP contribution in [0.5, 0.6) is 0 Å². The molecule has 0 radical (unpaired) electrons. The van der Waals surface area contributed by atoms with E-state index in [0.29, 0.717) is 6.54 Å². The number of aryl methyl sites for hydroxylation is 1. The Morgan fingerprint density at radius 3 is 2.68 bits per heavy atom. The molecule has 136 valence electrons. The fourth-order valence-corrected chi connectivity index (χ4v) is 4.12. The van der Waals surface area contributed by atoms with Gasteiger partial charge in [0.05, 0.1) is 12.1 Å². The molecule has 1 aliphatic heterocycles. The molecule has 0 spiro atoms. The van der Waals surface area contributed by atoms with Crippen molar-refractivity contribution in [3.8, 4) is 0 Å². The quantitative estimate of drug-likeness (QED) is 0.807. The first-order chi connectivity index (χ1) is 11.7. The Balaban J connectivity index is 0.00000225. The lowest BCUT2D eigenvalue weighted by atomic mass is 10.0. The Bertz CT molecular complexity index is 677. The molecule has 0 saturated carbocycles. The van der Waals surface area contributed by atoms with Gasteiger partial charge in [-0.3, -0.25) is 4.79 Å². The van der Waals surface area contributed by atoms with Gasteiger partial charge in [-0.25, -0.2) is 0 Å². The van der Waals surface area contributed by atoms with E-state index in [4.69, 9.17) is 10.5 Å². The van der Waals surface area contributed by atoms with Crippen LogP contribution < -0.4 is 11.1 Å². The molecule has 1 aromatic heterocycles. The molecule has 4 nitrogen and oxygen atoms in total. The van der Waals surface area contributed by atoms with Crippen LogP contribution in [0.15, 0.2) is 41.8 Å². The summed E-state index contributed by atoms with van der Waals surface area (Å²) in [4.78, 5) is 13.9. The van der Waals surface area contributed by atoms with Crippen LogP contribution in [0.4, 0.5) is 0 Å². The number of nitrogens with two attached hydrogens (primary N) is 1. The summed E-state index contributed by atoms with van der Waals surface area (Å²) < 4.78 is 5.74. The van der Waals surface area contributed by atoms with Gasteiger partial charge in [0.2, 0.25) is 5.91 Å². The number of benzene rings is 1. The molecule has 2 heterocycles. The highest BCUT2D eigenvalue weighted by molar-refractivity contribution is 7.10. The molecule has 2 aromatic rings. The van der Waals surface area contributed by atoms with E-state index in [1.165, 1.54) is 16.0 Å². The maximum Gasteiger partial charge on any atom is 0.249 e. The zero-order chi connectivity index (χ0) is 16.9. The Hall–Kier alpha value is -1.40. The number of nitrogens with one attached hydrogen (secondary N) is 1. The standard InChI is InChI=1S/C19H24N2O2S.ClH/c1-13-9-10-24-18(13)16(11-14-5-3-2-4-6-14)21-19(22)17-8-7-15(12-20)23-17;/h2-6,9-10,15-17H,7-8,11-12,20H2,1H3,(H,21,22);1H/t15-,16?,17+;/m1./s1. The summed E-state index contributed by atoms with van der Waals surface area (Å²) >= 11 is 1.69. The molecule has 0 bridgehead atoms. The van der Waals surface area contributed by atoms with Crippen molar-refractivity contribution in [1.29, 1.82) is 0 Å². The van der Waals surface area contributed by atoms with Gasteiger partial charge in [-0.05, 0) is 48.8 Å². The van der Waals surface area contributed by atoms with Crippen molar-refractivity contribution in [3.63, 3.8) is 0 Å². The van der Waals surface area contributed by atoms with Crippen LogP contribution in [0, 0.1) is 6.92 Å². The van der Waals surface area contributed by atoms with Crippen molar-refractivity contribution in [2.75, 3.05) is 6.54 Å². The van der Waals surface area contributed by atoms with Crippen molar-refractivity contribution >= 4 is 29.7 Å². The summed E-state index contributed by atoms with van der Waals surface area (Å²) in [6.07, 6.45) is 2.01. The highest BCUT2D eigenvalue weighted by Gasteiger charge is 2.31. The molecule has 3 atom stereocenters. The Kier molecular flexibility index (Phi) is 7.44. The first kappa shape index (κ1) is 19.9. The molecule has 0 aliphatic carbocycles. The van der Waals surface area contributed by atoms with Gasteiger partial charge < -0.3 is 15.8 Å². The van der Waals surface area contributed by atoms with Crippen LogP contribution in [0.1, 0.15) is 34.9 Å². The maximum atomic E-state index is 12.6. The summed E-state index contributed by atoms with van der Waals surface area (Å²) in [6.45, 7) is 2.56. The monoisotopic (exact) mass is 380 g/mol. The Morgan fingerprint density at radius 2 is 2.08 bits per heavy atom. The van der Waals surface area contributed by atoms with Crippen LogP contribution in [0.2, 0.25) is 0 Å². The third-order valence-corrected chi connectivity index (χ3v) is 5.61. The average molecular weight is 381 g/mol. The minimum Gasteiger partial charge on any atom is -0.364 e. The zero-order valence-electron chi connectivity index (χ0n) is 14.3. The average Bonchev–Trinajstić information content (AvgIpc) is 3.24. The van der Waals surface area contributed by atoms with E-state index in [9.17, 15) is 4.79 Å².